The lowest BCUT2D eigenvalue weighted by molar-refractivity contribution is -0.144. The van der Waals surface area contributed by atoms with E-state index < -0.39 is 11.5 Å². The zero-order chi connectivity index (χ0) is 15.6. The van der Waals surface area contributed by atoms with Crippen molar-refractivity contribution >= 4 is 12.0 Å². The Bertz CT molecular complexity index is 401. The van der Waals surface area contributed by atoms with Gasteiger partial charge in [-0.15, -0.1) is 0 Å². The van der Waals surface area contributed by atoms with Gasteiger partial charge in [-0.1, -0.05) is 13.8 Å². The fourth-order valence-corrected chi connectivity index (χ4v) is 2.94. The molecule has 1 heterocycles. The summed E-state index contributed by atoms with van der Waals surface area (Å²) in [5.41, 5.74) is -1.12. The van der Waals surface area contributed by atoms with Crippen LogP contribution in [0, 0.1) is 11.8 Å². The third kappa shape index (κ3) is 3.87. The van der Waals surface area contributed by atoms with Crippen LogP contribution in [-0.4, -0.2) is 65.2 Å². The number of carbonyl (C=O) groups excluding carboxylic acids is 1. The van der Waals surface area contributed by atoms with Crippen LogP contribution in [0.5, 0.6) is 0 Å². The van der Waals surface area contributed by atoms with Crippen LogP contribution in [0.2, 0.25) is 0 Å². The van der Waals surface area contributed by atoms with E-state index in [-0.39, 0.29) is 11.9 Å². The molecule has 120 valence electrons. The van der Waals surface area contributed by atoms with E-state index in [0.29, 0.717) is 19.0 Å². The average Bonchev–Trinajstić information content (AvgIpc) is 3.22. The molecule has 2 N–H and O–H groups in total. The minimum absolute atomic E-state index is 0.0705. The molecule has 0 aromatic rings. The number of hydrogen-bond acceptors (Lipinski definition) is 3. The smallest absolute Gasteiger partial charge is 0.329 e. The predicted octanol–water partition coefficient (Wildman–Crippen LogP) is 1.22. The molecule has 2 aliphatic rings. The van der Waals surface area contributed by atoms with Crippen LogP contribution in [0.15, 0.2) is 0 Å². The molecule has 6 nitrogen and oxygen atoms in total. The normalized spacial score (nSPS) is 23.0. The molecule has 0 bridgehead atoms. The van der Waals surface area contributed by atoms with Crippen LogP contribution in [0.3, 0.4) is 0 Å². The van der Waals surface area contributed by atoms with Crippen LogP contribution >= 0.6 is 0 Å². The molecule has 0 aromatic carbocycles. The summed E-state index contributed by atoms with van der Waals surface area (Å²) in [5.74, 6) is -0.242. The van der Waals surface area contributed by atoms with Crippen molar-refractivity contribution in [3.8, 4) is 0 Å². The number of carboxylic acid groups (broad SMARTS) is 1. The first-order valence-corrected chi connectivity index (χ1v) is 7.85. The fourth-order valence-electron chi connectivity index (χ4n) is 2.94. The number of carbonyl (C=O) groups is 2. The topological polar surface area (TPSA) is 72.9 Å². The van der Waals surface area contributed by atoms with Crippen molar-refractivity contribution in [1.29, 1.82) is 0 Å². The quantitative estimate of drug-likeness (QED) is 0.800. The molecule has 0 spiro atoms. The van der Waals surface area contributed by atoms with E-state index in [1.54, 1.807) is 11.8 Å². The van der Waals surface area contributed by atoms with Gasteiger partial charge in [-0.05, 0) is 31.6 Å². The van der Waals surface area contributed by atoms with Gasteiger partial charge in [0.25, 0.3) is 0 Å². The molecule has 1 unspecified atom stereocenters. The van der Waals surface area contributed by atoms with Gasteiger partial charge in [0.1, 0.15) is 5.54 Å². The van der Waals surface area contributed by atoms with Crippen molar-refractivity contribution in [3.63, 3.8) is 0 Å². The van der Waals surface area contributed by atoms with Gasteiger partial charge in [0, 0.05) is 32.7 Å². The molecule has 2 fully saturated rings. The molecule has 2 amide bonds. The lowest BCUT2D eigenvalue weighted by Crippen LogP contribution is -2.60. The maximum absolute atomic E-state index is 12.3. The van der Waals surface area contributed by atoms with Crippen molar-refractivity contribution < 1.29 is 14.7 Å². The molecule has 1 aliphatic heterocycles. The standard InChI is InChI=1S/C15H27N3O3/c1-11(2)10-17-6-8-18(9-7-17)14(21)16-15(3,13(19)20)12-4-5-12/h11-12H,4-10H2,1-3H3,(H,16,21)(H,19,20). The molecule has 1 saturated heterocycles. The third-order valence-corrected chi connectivity index (χ3v) is 4.49. The Balaban J connectivity index is 1.86. The van der Waals surface area contributed by atoms with E-state index in [9.17, 15) is 14.7 Å². The Morgan fingerprint density at radius 2 is 1.81 bits per heavy atom. The van der Waals surface area contributed by atoms with Gasteiger partial charge in [-0.2, -0.15) is 0 Å². The number of carboxylic acids is 1. The van der Waals surface area contributed by atoms with Crippen LogP contribution < -0.4 is 5.32 Å². The lowest BCUT2D eigenvalue weighted by atomic mass is 9.96. The van der Waals surface area contributed by atoms with E-state index in [2.05, 4.69) is 24.1 Å². The molecule has 6 heteroatoms. The minimum atomic E-state index is -1.12. The highest BCUT2D eigenvalue weighted by Crippen LogP contribution is 2.39. The highest BCUT2D eigenvalue weighted by molar-refractivity contribution is 5.86. The highest BCUT2D eigenvalue weighted by atomic mass is 16.4. The summed E-state index contributed by atoms with van der Waals surface area (Å²) in [6, 6.07) is -0.240. The van der Waals surface area contributed by atoms with Gasteiger partial charge in [0.15, 0.2) is 0 Å². The number of piperazine rings is 1. The monoisotopic (exact) mass is 297 g/mol. The average molecular weight is 297 g/mol. The number of nitrogens with zero attached hydrogens (tertiary/aromatic N) is 2. The van der Waals surface area contributed by atoms with Crippen LogP contribution in [0.25, 0.3) is 0 Å². The molecule has 2 rings (SSSR count). The number of amides is 2. The summed E-state index contributed by atoms with van der Waals surface area (Å²) in [7, 11) is 0. The maximum atomic E-state index is 12.3. The van der Waals surface area contributed by atoms with Crippen LogP contribution in [0.4, 0.5) is 4.79 Å². The number of urea groups is 1. The summed E-state index contributed by atoms with van der Waals surface area (Å²) < 4.78 is 0. The van der Waals surface area contributed by atoms with E-state index in [4.69, 9.17) is 0 Å². The van der Waals surface area contributed by atoms with Crippen molar-refractivity contribution in [2.45, 2.75) is 39.2 Å². The van der Waals surface area contributed by atoms with Gasteiger partial charge in [-0.3, -0.25) is 4.90 Å². The fraction of sp³-hybridized carbons (Fsp3) is 0.867. The van der Waals surface area contributed by atoms with Gasteiger partial charge in [-0.25, -0.2) is 9.59 Å². The van der Waals surface area contributed by atoms with Crippen LogP contribution in [0.1, 0.15) is 33.6 Å². The molecular formula is C15H27N3O3. The first-order valence-electron chi connectivity index (χ1n) is 7.85. The first-order chi connectivity index (χ1) is 9.83. The molecule has 0 aromatic heterocycles. The second kappa shape index (κ2) is 6.22. The van der Waals surface area contributed by atoms with Crippen molar-refractivity contribution in [3.05, 3.63) is 0 Å². The summed E-state index contributed by atoms with van der Waals surface area (Å²) in [6.45, 7) is 10.1. The van der Waals surface area contributed by atoms with E-state index in [0.717, 1.165) is 32.5 Å². The van der Waals surface area contributed by atoms with Crippen molar-refractivity contribution in [2.24, 2.45) is 11.8 Å². The lowest BCUT2D eigenvalue weighted by Gasteiger charge is -2.37. The van der Waals surface area contributed by atoms with Gasteiger partial charge in [0.2, 0.25) is 0 Å². The summed E-state index contributed by atoms with van der Waals surface area (Å²) >= 11 is 0. The molecule has 21 heavy (non-hydrogen) atoms. The molecule has 1 aliphatic carbocycles. The Morgan fingerprint density at radius 3 is 2.24 bits per heavy atom. The summed E-state index contributed by atoms with van der Waals surface area (Å²) in [4.78, 5) is 27.9. The maximum Gasteiger partial charge on any atom is 0.329 e. The molecule has 1 saturated carbocycles. The molecule has 1 atom stereocenters. The van der Waals surface area contributed by atoms with Gasteiger partial charge >= 0.3 is 12.0 Å². The van der Waals surface area contributed by atoms with E-state index in [1.807, 2.05) is 0 Å². The molecular weight excluding hydrogens is 270 g/mol. The first kappa shape index (κ1) is 16.1. The van der Waals surface area contributed by atoms with Crippen molar-refractivity contribution in [2.75, 3.05) is 32.7 Å². The van der Waals surface area contributed by atoms with Gasteiger partial charge in [0.05, 0.1) is 0 Å². The van der Waals surface area contributed by atoms with Crippen molar-refractivity contribution in [1.82, 2.24) is 15.1 Å². The zero-order valence-corrected chi connectivity index (χ0v) is 13.3. The second-order valence-electron chi connectivity index (χ2n) is 6.89. The second-order valence-corrected chi connectivity index (χ2v) is 6.89. The Hall–Kier alpha value is -1.30. The van der Waals surface area contributed by atoms with Gasteiger partial charge < -0.3 is 15.3 Å². The number of rotatable bonds is 5. The Morgan fingerprint density at radius 1 is 1.24 bits per heavy atom. The summed E-state index contributed by atoms with van der Waals surface area (Å²) in [5, 5.41) is 12.1. The zero-order valence-electron chi connectivity index (χ0n) is 13.3. The largest absolute Gasteiger partial charge is 0.480 e. The predicted molar refractivity (Wildman–Crippen MR) is 80.1 cm³/mol. The summed E-state index contributed by atoms with van der Waals surface area (Å²) in [6.07, 6.45) is 1.76. The van der Waals surface area contributed by atoms with E-state index in [1.165, 1.54) is 0 Å². The highest BCUT2D eigenvalue weighted by Gasteiger charge is 2.49. The Kier molecular flexibility index (Phi) is 4.76. The molecule has 0 radical (unpaired) electrons. The number of aliphatic carboxylic acids is 1. The minimum Gasteiger partial charge on any atom is -0.480 e. The Labute approximate surface area is 126 Å². The van der Waals surface area contributed by atoms with E-state index >= 15 is 0 Å². The number of hydrogen-bond donors (Lipinski definition) is 2. The number of nitrogens with one attached hydrogen (secondary N) is 1. The SMILES string of the molecule is CC(C)CN1CCN(C(=O)NC(C)(C(=O)O)C2CC2)CC1. The van der Waals surface area contributed by atoms with Crippen LogP contribution in [-0.2, 0) is 4.79 Å². The third-order valence-electron chi connectivity index (χ3n) is 4.49.